The van der Waals surface area contributed by atoms with Crippen LogP contribution in [0.4, 0.5) is 13.2 Å². The zero-order valence-electron chi connectivity index (χ0n) is 11.7. The van der Waals surface area contributed by atoms with E-state index in [2.05, 4.69) is 15.0 Å². The van der Waals surface area contributed by atoms with Gasteiger partial charge in [0, 0.05) is 6.07 Å². The minimum atomic E-state index is -4.52. The second-order valence-corrected chi connectivity index (χ2v) is 4.42. The van der Waals surface area contributed by atoms with Crippen molar-refractivity contribution in [3.8, 4) is 5.88 Å². The van der Waals surface area contributed by atoms with E-state index in [1.807, 2.05) is 0 Å². The number of amides is 1. The summed E-state index contributed by atoms with van der Waals surface area (Å²) in [7, 11) is 0. The molecule has 0 bridgehead atoms. The van der Waals surface area contributed by atoms with Crippen LogP contribution in [-0.2, 0) is 4.79 Å². The van der Waals surface area contributed by atoms with Crippen molar-refractivity contribution in [1.82, 2.24) is 10.3 Å². The number of rotatable bonds is 7. The number of halogens is 3. The number of hydrogen-bond acceptors (Lipinski definition) is 4. The lowest BCUT2D eigenvalue weighted by atomic mass is 10.1. The van der Waals surface area contributed by atoms with Crippen molar-refractivity contribution in [3.05, 3.63) is 23.9 Å². The van der Waals surface area contributed by atoms with E-state index in [0.29, 0.717) is 6.42 Å². The van der Waals surface area contributed by atoms with Crippen molar-refractivity contribution in [1.29, 1.82) is 0 Å². The van der Waals surface area contributed by atoms with E-state index in [0.717, 1.165) is 0 Å². The lowest BCUT2D eigenvalue weighted by Crippen LogP contribution is -2.41. The Balaban J connectivity index is 2.75. The van der Waals surface area contributed by atoms with Gasteiger partial charge in [-0.25, -0.2) is 9.78 Å². The zero-order valence-corrected chi connectivity index (χ0v) is 11.7. The van der Waals surface area contributed by atoms with E-state index in [4.69, 9.17) is 5.11 Å². The van der Waals surface area contributed by atoms with Gasteiger partial charge in [0.2, 0.25) is 5.88 Å². The predicted octanol–water partition coefficient (Wildman–Crippen LogP) is 2.01. The van der Waals surface area contributed by atoms with Crippen LogP contribution in [0.2, 0.25) is 0 Å². The zero-order chi connectivity index (χ0) is 16.8. The molecule has 0 aromatic carbocycles. The highest BCUT2D eigenvalue weighted by Crippen LogP contribution is 2.17. The summed E-state index contributed by atoms with van der Waals surface area (Å²) in [4.78, 5) is 26.4. The second kappa shape index (κ2) is 7.62. The summed E-state index contributed by atoms with van der Waals surface area (Å²) < 4.78 is 40.6. The third kappa shape index (κ3) is 5.98. The summed E-state index contributed by atoms with van der Waals surface area (Å²) in [6.45, 7) is 0.227. The number of carboxylic acid groups (broad SMARTS) is 1. The molecule has 1 aromatic rings. The number of carbonyl (C=O) groups excluding carboxylic acids is 1. The minimum Gasteiger partial charge on any atom is -0.480 e. The van der Waals surface area contributed by atoms with Crippen molar-refractivity contribution >= 4 is 11.9 Å². The van der Waals surface area contributed by atoms with Crippen LogP contribution < -0.4 is 10.1 Å². The van der Waals surface area contributed by atoms with E-state index in [9.17, 15) is 22.8 Å². The van der Waals surface area contributed by atoms with Crippen LogP contribution in [0, 0.1) is 0 Å². The Morgan fingerprint density at radius 2 is 2.09 bits per heavy atom. The molecule has 122 valence electrons. The van der Waals surface area contributed by atoms with Gasteiger partial charge in [-0.2, -0.15) is 13.2 Å². The molecule has 2 N–H and O–H groups in total. The monoisotopic (exact) mass is 320 g/mol. The lowest BCUT2D eigenvalue weighted by molar-refractivity contribution is -0.154. The van der Waals surface area contributed by atoms with E-state index in [1.54, 1.807) is 6.92 Å². The molecule has 0 aliphatic rings. The predicted molar refractivity (Wildman–Crippen MR) is 69.6 cm³/mol. The average molecular weight is 320 g/mol. The number of aromatic nitrogens is 1. The first-order valence-corrected chi connectivity index (χ1v) is 6.43. The van der Waals surface area contributed by atoms with E-state index in [-0.39, 0.29) is 18.0 Å². The molecule has 0 aliphatic heterocycles. The summed E-state index contributed by atoms with van der Waals surface area (Å²) in [6, 6.07) is 2.63. The molecular formula is C13H15F3N2O4. The van der Waals surface area contributed by atoms with E-state index >= 15 is 0 Å². The Hall–Kier alpha value is -2.32. The van der Waals surface area contributed by atoms with Crippen molar-refractivity contribution in [2.45, 2.75) is 32.0 Å². The van der Waals surface area contributed by atoms with Crippen LogP contribution >= 0.6 is 0 Å². The summed E-state index contributed by atoms with van der Waals surface area (Å²) in [5.74, 6) is -2.36. The van der Waals surface area contributed by atoms with Crippen molar-refractivity contribution in [3.63, 3.8) is 0 Å². The Morgan fingerprint density at radius 3 is 2.64 bits per heavy atom. The third-order valence-corrected chi connectivity index (χ3v) is 2.52. The molecule has 1 amide bonds. The SMILES string of the molecule is CCCC(NC(=O)c1cccc(OCC(F)(F)F)n1)C(=O)O. The van der Waals surface area contributed by atoms with Crippen molar-refractivity contribution in [2.75, 3.05) is 6.61 Å². The number of carboxylic acids is 1. The van der Waals surface area contributed by atoms with Gasteiger partial charge in [-0.3, -0.25) is 4.79 Å². The third-order valence-electron chi connectivity index (χ3n) is 2.52. The fourth-order valence-electron chi connectivity index (χ4n) is 1.56. The maximum Gasteiger partial charge on any atom is 0.422 e. The molecule has 0 saturated heterocycles. The largest absolute Gasteiger partial charge is 0.480 e. The molecule has 9 heteroatoms. The Bertz CT molecular complexity index is 534. The Morgan fingerprint density at radius 1 is 1.41 bits per heavy atom. The van der Waals surface area contributed by atoms with E-state index < -0.39 is 30.7 Å². The van der Waals surface area contributed by atoms with Crippen LogP contribution in [0.3, 0.4) is 0 Å². The molecule has 6 nitrogen and oxygen atoms in total. The van der Waals surface area contributed by atoms with Gasteiger partial charge in [0.05, 0.1) is 0 Å². The van der Waals surface area contributed by atoms with Crippen molar-refractivity contribution in [2.24, 2.45) is 0 Å². The smallest absolute Gasteiger partial charge is 0.422 e. The van der Waals surface area contributed by atoms with Gasteiger partial charge in [0.15, 0.2) is 6.61 Å². The first-order chi connectivity index (χ1) is 10.2. The first-order valence-electron chi connectivity index (χ1n) is 6.43. The molecule has 22 heavy (non-hydrogen) atoms. The molecule has 1 aromatic heterocycles. The summed E-state index contributed by atoms with van der Waals surface area (Å²) >= 11 is 0. The lowest BCUT2D eigenvalue weighted by Gasteiger charge is -2.13. The van der Waals surface area contributed by atoms with Gasteiger partial charge in [-0.15, -0.1) is 0 Å². The molecule has 1 atom stereocenters. The standard InChI is InChI=1S/C13H15F3N2O4/c1-2-4-9(12(20)21)18-11(19)8-5-3-6-10(17-8)22-7-13(14,15)16/h3,5-6,9H,2,4,7H2,1H3,(H,18,19)(H,20,21). The molecule has 0 aliphatic carbocycles. The molecular weight excluding hydrogens is 305 g/mol. The van der Waals surface area contributed by atoms with Gasteiger partial charge >= 0.3 is 12.1 Å². The summed E-state index contributed by atoms with van der Waals surface area (Å²) in [6.07, 6.45) is -3.75. The first kappa shape index (κ1) is 17.7. The fourth-order valence-corrected chi connectivity index (χ4v) is 1.56. The minimum absolute atomic E-state index is 0.220. The van der Waals surface area contributed by atoms with Crippen molar-refractivity contribution < 1.29 is 32.6 Å². The highest BCUT2D eigenvalue weighted by molar-refractivity contribution is 5.95. The van der Waals surface area contributed by atoms with Gasteiger partial charge in [0.25, 0.3) is 5.91 Å². The molecule has 0 fully saturated rings. The second-order valence-electron chi connectivity index (χ2n) is 4.42. The number of hydrogen-bond donors (Lipinski definition) is 2. The maximum atomic E-state index is 12.0. The summed E-state index contributed by atoms with van der Waals surface area (Å²) in [5.41, 5.74) is -0.220. The molecule has 1 unspecified atom stereocenters. The van der Waals surface area contributed by atoms with Gasteiger partial charge in [0.1, 0.15) is 11.7 Å². The Kier molecular flexibility index (Phi) is 6.14. The number of nitrogens with one attached hydrogen (secondary N) is 1. The molecule has 0 radical (unpaired) electrons. The average Bonchev–Trinajstić information content (AvgIpc) is 2.44. The van der Waals surface area contributed by atoms with Gasteiger partial charge < -0.3 is 15.2 Å². The van der Waals surface area contributed by atoms with Crippen LogP contribution in [0.1, 0.15) is 30.3 Å². The van der Waals surface area contributed by atoms with Crippen LogP contribution in [0.15, 0.2) is 18.2 Å². The highest BCUT2D eigenvalue weighted by Gasteiger charge is 2.29. The molecule has 1 rings (SSSR count). The highest BCUT2D eigenvalue weighted by atomic mass is 19.4. The van der Waals surface area contributed by atoms with Gasteiger partial charge in [-0.1, -0.05) is 19.4 Å². The summed E-state index contributed by atoms with van der Waals surface area (Å²) in [5, 5.41) is 11.2. The van der Waals surface area contributed by atoms with Crippen LogP contribution in [-0.4, -0.2) is 40.8 Å². The number of pyridine rings is 1. The fraction of sp³-hybridized carbons (Fsp3) is 0.462. The van der Waals surface area contributed by atoms with E-state index in [1.165, 1.54) is 18.2 Å². The van der Waals surface area contributed by atoms with Crippen LogP contribution in [0.5, 0.6) is 5.88 Å². The normalized spacial score (nSPS) is 12.5. The topological polar surface area (TPSA) is 88.5 Å². The maximum absolute atomic E-state index is 12.0. The number of aliphatic carboxylic acids is 1. The number of alkyl halides is 3. The van der Waals surface area contributed by atoms with Crippen LogP contribution in [0.25, 0.3) is 0 Å². The molecule has 0 spiro atoms. The van der Waals surface area contributed by atoms with Gasteiger partial charge in [-0.05, 0) is 12.5 Å². The molecule has 1 heterocycles. The quantitative estimate of drug-likeness (QED) is 0.802. The number of nitrogens with zero attached hydrogens (tertiary/aromatic N) is 1. The number of carbonyl (C=O) groups is 2. The Labute approximate surface area is 124 Å². The molecule has 0 saturated carbocycles. The number of ether oxygens (including phenoxy) is 1.